The van der Waals surface area contributed by atoms with Crippen molar-refractivity contribution in [3.8, 4) is 5.69 Å². The van der Waals surface area contributed by atoms with Crippen LogP contribution in [0.2, 0.25) is 0 Å². The van der Waals surface area contributed by atoms with E-state index in [2.05, 4.69) is 4.98 Å². The van der Waals surface area contributed by atoms with Gasteiger partial charge in [-0.3, -0.25) is 4.79 Å². The zero-order valence-electron chi connectivity index (χ0n) is 10.6. The van der Waals surface area contributed by atoms with E-state index in [4.69, 9.17) is 5.11 Å². The highest BCUT2D eigenvalue weighted by atomic mass is 16.4. The van der Waals surface area contributed by atoms with Crippen LogP contribution in [0.15, 0.2) is 30.7 Å². The van der Waals surface area contributed by atoms with Gasteiger partial charge in [-0.1, -0.05) is 12.1 Å². The maximum atomic E-state index is 10.6. The standard InChI is InChI=1S/C14H16N2O2/c1-10-3-4-12(5-6-14(17)18)7-13(10)16-9-15-8-11(16)2/h3-4,7-9H,5-6H2,1-2H3,(H,17,18). The first kappa shape index (κ1) is 12.4. The van der Waals surface area contributed by atoms with Crippen LogP contribution in [0, 0.1) is 13.8 Å². The Morgan fingerprint density at radius 3 is 2.78 bits per heavy atom. The van der Waals surface area contributed by atoms with E-state index in [1.807, 2.05) is 42.8 Å². The lowest BCUT2D eigenvalue weighted by Gasteiger charge is -2.11. The fourth-order valence-electron chi connectivity index (χ4n) is 1.93. The number of nitrogens with zero attached hydrogens (tertiary/aromatic N) is 2. The van der Waals surface area contributed by atoms with E-state index < -0.39 is 5.97 Å². The Morgan fingerprint density at radius 2 is 2.17 bits per heavy atom. The van der Waals surface area contributed by atoms with Crippen LogP contribution in [0.4, 0.5) is 0 Å². The van der Waals surface area contributed by atoms with Gasteiger partial charge in [0, 0.05) is 24.0 Å². The van der Waals surface area contributed by atoms with Crippen molar-refractivity contribution in [2.45, 2.75) is 26.7 Å². The van der Waals surface area contributed by atoms with E-state index in [9.17, 15) is 4.79 Å². The van der Waals surface area contributed by atoms with Gasteiger partial charge in [0.1, 0.15) is 0 Å². The number of hydrogen-bond donors (Lipinski definition) is 1. The van der Waals surface area contributed by atoms with Crippen LogP contribution in [0.3, 0.4) is 0 Å². The molecule has 0 bridgehead atoms. The van der Waals surface area contributed by atoms with Crippen molar-refractivity contribution in [2.24, 2.45) is 0 Å². The molecule has 0 saturated heterocycles. The fourth-order valence-corrected chi connectivity index (χ4v) is 1.93. The minimum absolute atomic E-state index is 0.158. The monoisotopic (exact) mass is 244 g/mol. The fraction of sp³-hybridized carbons (Fsp3) is 0.286. The summed E-state index contributed by atoms with van der Waals surface area (Å²) in [7, 11) is 0. The Bertz CT molecular complexity index is 573. The van der Waals surface area contributed by atoms with Gasteiger partial charge in [0.25, 0.3) is 0 Å². The Hall–Kier alpha value is -2.10. The number of aromatic nitrogens is 2. The SMILES string of the molecule is Cc1ccc(CCC(=O)O)cc1-n1cncc1C. The van der Waals surface area contributed by atoms with Gasteiger partial charge in [-0.15, -0.1) is 0 Å². The number of carboxylic acid groups (broad SMARTS) is 1. The zero-order chi connectivity index (χ0) is 13.1. The highest BCUT2D eigenvalue weighted by Gasteiger charge is 2.06. The Balaban J connectivity index is 2.33. The number of carboxylic acids is 1. The molecule has 94 valence electrons. The van der Waals surface area contributed by atoms with E-state index >= 15 is 0 Å². The Labute approximate surface area is 106 Å². The van der Waals surface area contributed by atoms with Gasteiger partial charge in [0.15, 0.2) is 0 Å². The van der Waals surface area contributed by atoms with Crippen LogP contribution in [-0.4, -0.2) is 20.6 Å². The van der Waals surface area contributed by atoms with Crippen LogP contribution < -0.4 is 0 Å². The lowest BCUT2D eigenvalue weighted by atomic mass is 10.1. The molecule has 0 aliphatic heterocycles. The molecule has 1 heterocycles. The number of hydrogen-bond acceptors (Lipinski definition) is 2. The van der Waals surface area contributed by atoms with Crippen molar-refractivity contribution in [1.29, 1.82) is 0 Å². The van der Waals surface area contributed by atoms with Crippen LogP contribution in [0.25, 0.3) is 5.69 Å². The summed E-state index contributed by atoms with van der Waals surface area (Å²) in [5, 5.41) is 8.71. The molecule has 4 nitrogen and oxygen atoms in total. The summed E-state index contributed by atoms with van der Waals surface area (Å²) < 4.78 is 2.01. The number of benzene rings is 1. The number of imidazole rings is 1. The molecule has 0 radical (unpaired) electrons. The van der Waals surface area contributed by atoms with E-state index in [1.165, 1.54) is 0 Å². The first-order valence-corrected chi connectivity index (χ1v) is 5.88. The number of rotatable bonds is 4. The average Bonchev–Trinajstić information content (AvgIpc) is 2.74. The Kier molecular flexibility index (Phi) is 3.46. The molecular formula is C14H16N2O2. The maximum Gasteiger partial charge on any atom is 0.303 e. The third-order valence-corrected chi connectivity index (χ3v) is 2.98. The molecule has 0 atom stereocenters. The summed E-state index contributed by atoms with van der Waals surface area (Å²) in [6, 6.07) is 6.03. The van der Waals surface area contributed by atoms with Crippen LogP contribution in [0.1, 0.15) is 23.2 Å². The largest absolute Gasteiger partial charge is 0.481 e. The normalized spacial score (nSPS) is 10.6. The highest BCUT2D eigenvalue weighted by molar-refractivity contribution is 5.67. The molecule has 0 saturated carbocycles. The van der Waals surface area contributed by atoms with Crippen molar-refractivity contribution < 1.29 is 9.90 Å². The molecule has 0 amide bonds. The van der Waals surface area contributed by atoms with E-state index in [1.54, 1.807) is 6.33 Å². The van der Waals surface area contributed by atoms with Crippen molar-refractivity contribution >= 4 is 5.97 Å². The Morgan fingerprint density at radius 1 is 1.39 bits per heavy atom. The van der Waals surface area contributed by atoms with Crippen LogP contribution >= 0.6 is 0 Å². The molecule has 0 spiro atoms. The van der Waals surface area contributed by atoms with Crippen LogP contribution in [-0.2, 0) is 11.2 Å². The molecule has 0 aliphatic rings. The second kappa shape index (κ2) is 5.04. The molecule has 2 rings (SSSR count). The first-order valence-electron chi connectivity index (χ1n) is 5.88. The molecule has 0 aliphatic carbocycles. The summed E-state index contributed by atoms with van der Waals surface area (Å²) in [6.07, 6.45) is 4.30. The van der Waals surface area contributed by atoms with Crippen molar-refractivity contribution in [3.05, 3.63) is 47.5 Å². The lowest BCUT2D eigenvalue weighted by Crippen LogP contribution is -2.01. The predicted octanol–water partition coefficient (Wildman–Crippen LogP) is 2.51. The number of aliphatic carboxylic acids is 1. The second-order valence-corrected chi connectivity index (χ2v) is 4.42. The van der Waals surface area contributed by atoms with Gasteiger partial charge in [0.05, 0.1) is 6.33 Å². The molecule has 18 heavy (non-hydrogen) atoms. The minimum atomic E-state index is -0.768. The third kappa shape index (κ3) is 2.59. The van der Waals surface area contributed by atoms with Gasteiger partial charge in [0.2, 0.25) is 0 Å². The zero-order valence-corrected chi connectivity index (χ0v) is 10.6. The number of carbonyl (C=O) groups is 1. The molecular weight excluding hydrogens is 228 g/mol. The maximum absolute atomic E-state index is 10.6. The third-order valence-electron chi connectivity index (χ3n) is 2.98. The molecule has 1 N–H and O–H groups in total. The number of aryl methyl sites for hydroxylation is 3. The molecule has 1 aromatic carbocycles. The summed E-state index contributed by atoms with van der Waals surface area (Å²) in [5.41, 5.74) is 4.31. The smallest absolute Gasteiger partial charge is 0.303 e. The molecule has 1 aromatic heterocycles. The van der Waals surface area contributed by atoms with Crippen molar-refractivity contribution in [2.75, 3.05) is 0 Å². The van der Waals surface area contributed by atoms with Crippen molar-refractivity contribution in [1.82, 2.24) is 9.55 Å². The average molecular weight is 244 g/mol. The van der Waals surface area contributed by atoms with E-state index in [0.29, 0.717) is 6.42 Å². The molecule has 2 aromatic rings. The van der Waals surface area contributed by atoms with Gasteiger partial charge in [-0.05, 0) is 37.5 Å². The van der Waals surface area contributed by atoms with Gasteiger partial charge < -0.3 is 9.67 Å². The van der Waals surface area contributed by atoms with Crippen LogP contribution in [0.5, 0.6) is 0 Å². The van der Waals surface area contributed by atoms with Gasteiger partial charge >= 0.3 is 5.97 Å². The van der Waals surface area contributed by atoms with Gasteiger partial charge in [-0.2, -0.15) is 0 Å². The molecule has 4 heteroatoms. The van der Waals surface area contributed by atoms with E-state index in [0.717, 1.165) is 22.5 Å². The molecule has 0 unspecified atom stereocenters. The van der Waals surface area contributed by atoms with Gasteiger partial charge in [-0.25, -0.2) is 4.98 Å². The van der Waals surface area contributed by atoms with Crippen molar-refractivity contribution in [3.63, 3.8) is 0 Å². The quantitative estimate of drug-likeness (QED) is 0.899. The second-order valence-electron chi connectivity index (χ2n) is 4.42. The summed E-state index contributed by atoms with van der Waals surface area (Å²) in [6.45, 7) is 4.03. The topological polar surface area (TPSA) is 55.1 Å². The first-order chi connectivity index (χ1) is 8.58. The summed E-state index contributed by atoms with van der Waals surface area (Å²) >= 11 is 0. The minimum Gasteiger partial charge on any atom is -0.481 e. The summed E-state index contributed by atoms with van der Waals surface area (Å²) in [4.78, 5) is 14.7. The lowest BCUT2D eigenvalue weighted by molar-refractivity contribution is -0.136. The van der Waals surface area contributed by atoms with E-state index in [-0.39, 0.29) is 6.42 Å². The summed E-state index contributed by atoms with van der Waals surface area (Å²) in [5.74, 6) is -0.768. The molecule has 0 fully saturated rings. The highest BCUT2D eigenvalue weighted by Crippen LogP contribution is 2.18. The predicted molar refractivity (Wildman–Crippen MR) is 69.0 cm³/mol.